The molecule has 3 aromatic carbocycles. The van der Waals surface area contributed by atoms with Crippen molar-refractivity contribution in [1.82, 2.24) is 4.90 Å². The smallest absolute Gasteiger partial charge is 0.295 e. The maximum atomic E-state index is 13.4. The summed E-state index contributed by atoms with van der Waals surface area (Å²) in [5, 5.41) is 11.6. The van der Waals surface area contributed by atoms with Crippen molar-refractivity contribution in [3.63, 3.8) is 0 Å². The minimum atomic E-state index is -0.802. The number of ketones is 1. The second kappa shape index (κ2) is 10.3. The number of ether oxygens (including phenoxy) is 2. The highest BCUT2D eigenvalue weighted by molar-refractivity contribution is 6.46. The number of aliphatic hydroxyl groups is 1. The molecule has 1 N–H and O–H groups in total. The first-order valence-electron chi connectivity index (χ1n) is 12.0. The Morgan fingerprint density at radius 1 is 1.00 bits per heavy atom. The lowest BCUT2D eigenvalue weighted by Gasteiger charge is -2.28. The summed E-state index contributed by atoms with van der Waals surface area (Å²) in [5.74, 6) is -0.689. The molecule has 6 nitrogen and oxygen atoms in total. The molecule has 1 fully saturated rings. The molecule has 0 aromatic heterocycles. The zero-order chi connectivity index (χ0) is 26.9. The molecule has 0 spiro atoms. The van der Waals surface area contributed by atoms with Crippen LogP contribution in [0.15, 0.2) is 72.3 Å². The van der Waals surface area contributed by atoms with E-state index < -0.39 is 23.3 Å². The first-order chi connectivity index (χ1) is 17.5. The Morgan fingerprint density at radius 3 is 2.38 bits per heavy atom. The number of Topliss-reactive ketones (excluding diaryl/α,β-unsaturated/α-hetero) is 1. The number of amides is 1. The molecule has 1 aliphatic heterocycles. The van der Waals surface area contributed by atoms with E-state index >= 15 is 0 Å². The SMILES string of the molecule is COc1ccc(/C(O)=C2/C(=O)C(=O)N(Cc3ccccc3OC(C)(C)C)C2c2cccc(C)c2)cc1Cl. The van der Waals surface area contributed by atoms with Gasteiger partial charge in [0, 0.05) is 11.1 Å². The molecule has 4 rings (SSSR count). The Hall–Kier alpha value is -3.77. The summed E-state index contributed by atoms with van der Waals surface area (Å²) in [7, 11) is 1.49. The van der Waals surface area contributed by atoms with Gasteiger partial charge in [-0.1, -0.05) is 59.6 Å². The number of carbonyl (C=O) groups excluding carboxylic acids is 2. The lowest BCUT2D eigenvalue weighted by Crippen LogP contribution is -2.30. The number of halogens is 1. The van der Waals surface area contributed by atoms with Gasteiger partial charge in [-0.3, -0.25) is 9.59 Å². The van der Waals surface area contributed by atoms with Crippen LogP contribution in [-0.4, -0.2) is 34.4 Å². The van der Waals surface area contributed by atoms with E-state index in [9.17, 15) is 14.7 Å². The van der Waals surface area contributed by atoms with Gasteiger partial charge in [0.2, 0.25) is 0 Å². The lowest BCUT2D eigenvalue weighted by atomic mass is 9.94. The number of methoxy groups -OCH3 is 1. The fourth-order valence-corrected chi connectivity index (χ4v) is 4.70. The average molecular weight is 520 g/mol. The standard InChI is InChI=1S/C30H30ClNO5/c1-18-9-8-11-19(15-18)26-25(27(33)20-13-14-24(36-5)22(31)16-20)28(34)29(35)32(26)17-21-10-6-7-12-23(21)37-30(2,3)4/h6-16,26,33H,17H2,1-5H3/b27-25-. The summed E-state index contributed by atoms with van der Waals surface area (Å²) in [6, 6.07) is 18.9. The third kappa shape index (κ3) is 5.49. The monoisotopic (exact) mass is 519 g/mol. The number of rotatable bonds is 6. The van der Waals surface area contributed by atoms with Crippen molar-refractivity contribution >= 4 is 29.1 Å². The summed E-state index contributed by atoms with van der Waals surface area (Å²) >= 11 is 6.29. The Morgan fingerprint density at radius 2 is 1.73 bits per heavy atom. The number of para-hydroxylation sites is 1. The molecule has 1 heterocycles. The van der Waals surface area contributed by atoms with Crippen LogP contribution in [0.25, 0.3) is 5.76 Å². The molecule has 0 bridgehead atoms. The van der Waals surface area contributed by atoms with Gasteiger partial charge < -0.3 is 19.5 Å². The van der Waals surface area contributed by atoms with Crippen molar-refractivity contribution in [1.29, 1.82) is 0 Å². The summed E-state index contributed by atoms with van der Waals surface area (Å²) < 4.78 is 11.3. The fourth-order valence-electron chi connectivity index (χ4n) is 4.45. The van der Waals surface area contributed by atoms with Crippen LogP contribution in [0, 0.1) is 6.92 Å². The summed E-state index contributed by atoms with van der Waals surface area (Å²) in [5.41, 5.74) is 2.31. The summed E-state index contributed by atoms with van der Waals surface area (Å²) in [6.07, 6.45) is 0. The van der Waals surface area contributed by atoms with E-state index in [1.54, 1.807) is 12.1 Å². The average Bonchev–Trinajstić information content (AvgIpc) is 3.09. The zero-order valence-corrected chi connectivity index (χ0v) is 22.3. The molecule has 0 radical (unpaired) electrons. The van der Waals surface area contributed by atoms with E-state index in [-0.39, 0.29) is 22.9 Å². The Balaban J connectivity index is 1.86. The van der Waals surface area contributed by atoms with Crippen molar-refractivity contribution in [2.45, 2.75) is 45.9 Å². The van der Waals surface area contributed by atoms with Gasteiger partial charge in [-0.05, 0) is 57.5 Å². The number of carbonyl (C=O) groups is 2. The van der Waals surface area contributed by atoms with Gasteiger partial charge in [-0.25, -0.2) is 0 Å². The van der Waals surface area contributed by atoms with Gasteiger partial charge in [-0.2, -0.15) is 0 Å². The molecular weight excluding hydrogens is 490 g/mol. The van der Waals surface area contributed by atoms with Gasteiger partial charge in [0.25, 0.3) is 11.7 Å². The van der Waals surface area contributed by atoms with E-state index in [2.05, 4.69) is 0 Å². The van der Waals surface area contributed by atoms with Crippen molar-refractivity contribution in [2.75, 3.05) is 7.11 Å². The maximum Gasteiger partial charge on any atom is 0.295 e. The second-order valence-corrected chi connectivity index (χ2v) is 10.4. The number of benzene rings is 3. The highest BCUT2D eigenvalue weighted by atomic mass is 35.5. The van der Waals surface area contributed by atoms with Gasteiger partial charge in [0.1, 0.15) is 22.9 Å². The number of hydrogen-bond donors (Lipinski definition) is 1. The molecular formula is C30H30ClNO5. The second-order valence-electron chi connectivity index (χ2n) is 10.0. The van der Waals surface area contributed by atoms with Crippen molar-refractivity contribution in [3.8, 4) is 11.5 Å². The normalized spacial score (nSPS) is 17.2. The van der Waals surface area contributed by atoms with Crippen molar-refractivity contribution in [2.24, 2.45) is 0 Å². The van der Waals surface area contributed by atoms with E-state index in [1.807, 2.05) is 76.2 Å². The quantitative estimate of drug-likeness (QED) is 0.230. The maximum absolute atomic E-state index is 13.4. The van der Waals surface area contributed by atoms with Crippen LogP contribution in [0.1, 0.15) is 49.1 Å². The fraction of sp³-hybridized carbons (Fsp3) is 0.267. The van der Waals surface area contributed by atoms with Crippen molar-refractivity contribution in [3.05, 3.63) is 99.6 Å². The molecule has 192 valence electrons. The molecule has 7 heteroatoms. The predicted octanol–water partition coefficient (Wildman–Crippen LogP) is 6.46. The first kappa shape index (κ1) is 26.3. The number of aliphatic hydroxyl groups excluding tert-OH is 1. The van der Waals surface area contributed by atoms with Crippen LogP contribution in [0.2, 0.25) is 5.02 Å². The minimum Gasteiger partial charge on any atom is -0.507 e. The van der Waals surface area contributed by atoms with E-state index in [0.717, 1.165) is 16.7 Å². The van der Waals surface area contributed by atoms with E-state index in [1.165, 1.54) is 18.1 Å². The Labute approximate surface area is 222 Å². The highest BCUT2D eigenvalue weighted by Gasteiger charge is 2.46. The lowest BCUT2D eigenvalue weighted by molar-refractivity contribution is -0.140. The molecule has 1 unspecified atom stereocenters. The largest absolute Gasteiger partial charge is 0.507 e. The van der Waals surface area contributed by atoms with Crippen LogP contribution in [0.5, 0.6) is 11.5 Å². The van der Waals surface area contributed by atoms with Crippen LogP contribution < -0.4 is 9.47 Å². The van der Waals surface area contributed by atoms with E-state index in [0.29, 0.717) is 17.1 Å². The van der Waals surface area contributed by atoms with Crippen molar-refractivity contribution < 1.29 is 24.2 Å². The summed E-state index contributed by atoms with van der Waals surface area (Å²) in [4.78, 5) is 28.3. The molecule has 3 aromatic rings. The molecule has 1 amide bonds. The molecule has 0 saturated carbocycles. The van der Waals surface area contributed by atoms with Gasteiger partial charge in [0.05, 0.1) is 30.3 Å². The number of hydrogen-bond acceptors (Lipinski definition) is 5. The predicted molar refractivity (Wildman–Crippen MR) is 144 cm³/mol. The third-order valence-corrected chi connectivity index (χ3v) is 6.35. The molecule has 1 saturated heterocycles. The Kier molecular flexibility index (Phi) is 7.32. The number of aryl methyl sites for hydroxylation is 1. The topological polar surface area (TPSA) is 76.1 Å². The van der Waals surface area contributed by atoms with Gasteiger partial charge in [0.15, 0.2) is 0 Å². The van der Waals surface area contributed by atoms with Gasteiger partial charge >= 0.3 is 0 Å². The Bertz CT molecular complexity index is 1390. The van der Waals surface area contributed by atoms with Gasteiger partial charge in [-0.15, -0.1) is 0 Å². The zero-order valence-electron chi connectivity index (χ0n) is 21.5. The summed E-state index contributed by atoms with van der Waals surface area (Å²) in [6.45, 7) is 7.90. The number of nitrogens with zero attached hydrogens (tertiary/aromatic N) is 1. The first-order valence-corrected chi connectivity index (χ1v) is 12.3. The number of likely N-dealkylation sites (tertiary alicyclic amines) is 1. The molecule has 0 aliphatic carbocycles. The third-order valence-electron chi connectivity index (χ3n) is 6.05. The minimum absolute atomic E-state index is 0.00561. The molecule has 1 atom stereocenters. The van der Waals surface area contributed by atoms with Crippen LogP contribution in [0.3, 0.4) is 0 Å². The molecule has 1 aliphatic rings. The molecule has 37 heavy (non-hydrogen) atoms. The van der Waals surface area contributed by atoms with Crippen LogP contribution >= 0.6 is 11.6 Å². The van der Waals surface area contributed by atoms with E-state index in [4.69, 9.17) is 21.1 Å². The highest BCUT2D eigenvalue weighted by Crippen LogP contribution is 2.42. The van der Waals surface area contributed by atoms with Crippen LogP contribution in [-0.2, 0) is 16.1 Å². The van der Waals surface area contributed by atoms with Crippen LogP contribution in [0.4, 0.5) is 0 Å².